The Morgan fingerprint density at radius 1 is 0.848 bits per heavy atom. The van der Waals surface area contributed by atoms with Crippen LogP contribution in [-0.4, -0.2) is 163 Å². The number of carbonyl (C=O) groups is 6. The van der Waals surface area contributed by atoms with Gasteiger partial charge in [0.25, 0.3) is 0 Å². The molecule has 0 radical (unpaired) electrons. The van der Waals surface area contributed by atoms with Crippen molar-refractivity contribution in [1.29, 1.82) is 0 Å². The third-order valence-electron chi connectivity index (χ3n) is 13.0. The number of benzene rings is 1. The lowest BCUT2D eigenvalue weighted by Crippen LogP contribution is -2.60. The van der Waals surface area contributed by atoms with Crippen molar-refractivity contribution in [3.8, 4) is 0 Å². The first-order chi connectivity index (χ1) is 30.9. The summed E-state index contributed by atoms with van der Waals surface area (Å²) in [5, 5.41) is 15.7. The van der Waals surface area contributed by atoms with Crippen LogP contribution in [-0.2, 0) is 44.6 Å². The zero-order valence-corrected chi connectivity index (χ0v) is 42.9. The number of hydrogen-bond donors (Lipinski definition) is 3. The van der Waals surface area contributed by atoms with E-state index in [4.69, 9.17) is 14.2 Å². The van der Waals surface area contributed by atoms with Crippen molar-refractivity contribution in [1.82, 2.24) is 30.2 Å². The molecule has 5 amide bonds. The Balaban J connectivity index is 2.19. The van der Waals surface area contributed by atoms with Gasteiger partial charge < -0.3 is 44.7 Å². The molecule has 16 nitrogen and oxygen atoms in total. The average molecular weight is 931 g/mol. The Hall–Kier alpha value is -4.28. The van der Waals surface area contributed by atoms with Gasteiger partial charge in [-0.05, 0) is 83.4 Å². The second-order valence-corrected chi connectivity index (χ2v) is 20.0. The SMILES string of the molecule is CC[C@H](C)[C@@H](C(CC(=O)N1CCC[C@H]1C(OC)[C@@H](C)C(=O)N[C@@H](Cc1ccccc1)C(=O)O)OC)N(C)C(=O)[C@@H](NC(=O)C(C(C)C)N(C)CCCCCN(C)C(=O)OC(C)(C)C)C(C)C. The van der Waals surface area contributed by atoms with E-state index in [0.717, 1.165) is 24.8 Å². The van der Waals surface area contributed by atoms with E-state index in [1.165, 1.54) is 14.2 Å². The fourth-order valence-electron chi connectivity index (χ4n) is 9.10. The predicted octanol–water partition coefficient (Wildman–Crippen LogP) is 5.85. The second-order valence-electron chi connectivity index (χ2n) is 20.0. The molecule has 1 fully saturated rings. The van der Waals surface area contributed by atoms with Crippen LogP contribution < -0.4 is 10.6 Å². The minimum absolute atomic E-state index is 0.0367. The Morgan fingerprint density at radius 2 is 1.47 bits per heavy atom. The van der Waals surface area contributed by atoms with Crippen LogP contribution in [0.5, 0.6) is 0 Å². The minimum atomic E-state index is -1.15. The second kappa shape index (κ2) is 27.5. The van der Waals surface area contributed by atoms with Crippen molar-refractivity contribution < 1.29 is 48.1 Å². The zero-order chi connectivity index (χ0) is 50.1. The highest BCUT2D eigenvalue weighted by Crippen LogP contribution is 2.30. The highest BCUT2D eigenvalue weighted by Gasteiger charge is 2.43. The lowest BCUT2D eigenvalue weighted by atomic mass is 9.89. The van der Waals surface area contributed by atoms with Crippen molar-refractivity contribution in [3.63, 3.8) is 0 Å². The summed E-state index contributed by atoms with van der Waals surface area (Å²) in [7, 11) is 8.40. The maximum Gasteiger partial charge on any atom is 0.410 e. The van der Waals surface area contributed by atoms with Crippen LogP contribution in [0.4, 0.5) is 4.79 Å². The Kier molecular flexibility index (Phi) is 24.1. The quantitative estimate of drug-likeness (QED) is 0.0899. The number of carbonyl (C=O) groups excluding carboxylic acids is 5. The van der Waals surface area contributed by atoms with Crippen LogP contribution in [0.15, 0.2) is 30.3 Å². The highest BCUT2D eigenvalue weighted by molar-refractivity contribution is 5.90. The van der Waals surface area contributed by atoms with Crippen molar-refractivity contribution in [3.05, 3.63) is 35.9 Å². The number of likely N-dealkylation sites (tertiary alicyclic amines) is 1. The van der Waals surface area contributed by atoms with Gasteiger partial charge in [0.1, 0.15) is 17.7 Å². The smallest absolute Gasteiger partial charge is 0.410 e. The standard InChI is InChI=1S/C50H86N6O10/c1-16-34(6)43(55(13)47(60)41(32(2)3)52-46(59)42(33(4)5)53(11)27-21-18-22-28-54(12)49(63)66-50(8,9)10)39(64-14)31-40(57)56-29-23-26-38(56)44(65-15)35(7)45(58)51-37(48(61)62)30-36-24-19-17-20-25-36/h17,19-20,24-25,32-35,37-39,41-44H,16,18,21-23,26-31H2,1-15H3,(H,51,58)(H,52,59)(H,61,62)/t34-,35+,37-,38-,39?,41-,42?,43-,44?/m0/s1. The Morgan fingerprint density at radius 3 is 2.00 bits per heavy atom. The van der Waals surface area contributed by atoms with Crippen LogP contribution in [0.2, 0.25) is 0 Å². The van der Waals surface area contributed by atoms with E-state index in [1.54, 1.807) is 35.7 Å². The molecule has 2 rings (SSSR count). The predicted molar refractivity (Wildman–Crippen MR) is 257 cm³/mol. The molecular weight excluding hydrogens is 845 g/mol. The first-order valence-corrected chi connectivity index (χ1v) is 24.0. The van der Waals surface area contributed by atoms with E-state index in [-0.39, 0.29) is 54.4 Å². The number of rotatable bonds is 27. The monoisotopic (exact) mass is 931 g/mol. The summed E-state index contributed by atoms with van der Waals surface area (Å²) >= 11 is 0. The molecule has 1 aromatic carbocycles. The first kappa shape index (κ1) is 57.8. The summed E-state index contributed by atoms with van der Waals surface area (Å²) in [6.07, 6.45) is 2.77. The Bertz CT molecular complexity index is 1690. The first-order valence-electron chi connectivity index (χ1n) is 24.0. The molecule has 3 N–H and O–H groups in total. The van der Waals surface area contributed by atoms with E-state index >= 15 is 0 Å². The number of ether oxygens (including phenoxy) is 3. The van der Waals surface area contributed by atoms with Crippen LogP contribution in [0.25, 0.3) is 0 Å². The van der Waals surface area contributed by atoms with Gasteiger partial charge in [0.2, 0.25) is 23.6 Å². The number of methoxy groups -OCH3 is 2. The van der Waals surface area contributed by atoms with Gasteiger partial charge in [0.05, 0.1) is 42.7 Å². The number of nitrogens with one attached hydrogen (secondary N) is 2. The van der Waals surface area contributed by atoms with Crippen LogP contribution in [0, 0.1) is 23.7 Å². The molecular formula is C50H86N6O10. The number of aliphatic carboxylic acids is 1. The summed E-state index contributed by atoms with van der Waals surface area (Å²) in [4.78, 5) is 88.2. The number of hydrogen-bond acceptors (Lipinski definition) is 10. The molecule has 376 valence electrons. The molecule has 0 saturated carbocycles. The molecule has 9 atom stereocenters. The largest absolute Gasteiger partial charge is 0.480 e. The number of likely N-dealkylation sites (N-methyl/N-ethyl adjacent to an activating group) is 2. The van der Waals surface area contributed by atoms with Gasteiger partial charge in [0.15, 0.2) is 0 Å². The molecule has 1 heterocycles. The maximum atomic E-state index is 14.6. The summed E-state index contributed by atoms with van der Waals surface area (Å²) in [6.45, 7) is 20.7. The lowest BCUT2D eigenvalue weighted by Gasteiger charge is -2.41. The van der Waals surface area contributed by atoms with Gasteiger partial charge in [-0.3, -0.25) is 24.1 Å². The third-order valence-corrected chi connectivity index (χ3v) is 13.0. The molecule has 1 aliphatic heterocycles. The van der Waals surface area contributed by atoms with E-state index in [1.807, 2.05) is 105 Å². The van der Waals surface area contributed by atoms with Crippen molar-refractivity contribution >= 4 is 35.7 Å². The number of nitrogens with zero attached hydrogens (tertiary/aromatic N) is 4. The molecule has 66 heavy (non-hydrogen) atoms. The van der Waals surface area contributed by atoms with Crippen LogP contribution in [0.1, 0.15) is 120 Å². The van der Waals surface area contributed by atoms with Crippen molar-refractivity contribution in [2.45, 2.75) is 169 Å². The zero-order valence-electron chi connectivity index (χ0n) is 42.9. The van der Waals surface area contributed by atoms with E-state index in [0.29, 0.717) is 38.9 Å². The number of carboxylic acid groups (broad SMARTS) is 1. The maximum absolute atomic E-state index is 14.6. The molecule has 0 aliphatic carbocycles. The lowest BCUT2D eigenvalue weighted by molar-refractivity contribution is -0.148. The van der Waals surface area contributed by atoms with Crippen molar-refractivity contribution in [2.24, 2.45) is 23.7 Å². The summed E-state index contributed by atoms with van der Waals surface area (Å²) in [5.41, 5.74) is 0.218. The molecule has 0 spiro atoms. The van der Waals surface area contributed by atoms with Gasteiger partial charge >= 0.3 is 12.1 Å². The summed E-state index contributed by atoms with van der Waals surface area (Å²) in [5.74, 6) is -3.49. The van der Waals surface area contributed by atoms with Gasteiger partial charge in [-0.25, -0.2) is 9.59 Å². The Labute approximate surface area is 396 Å². The fraction of sp³-hybridized carbons (Fsp3) is 0.760. The van der Waals surface area contributed by atoms with E-state index < -0.39 is 65.8 Å². The summed E-state index contributed by atoms with van der Waals surface area (Å²) < 4.78 is 17.4. The topological polar surface area (TPSA) is 187 Å². The number of carboxylic acids is 1. The highest BCUT2D eigenvalue weighted by atomic mass is 16.6. The van der Waals surface area contributed by atoms with E-state index in [2.05, 4.69) is 10.6 Å². The van der Waals surface area contributed by atoms with Crippen LogP contribution >= 0.6 is 0 Å². The molecule has 0 bridgehead atoms. The molecule has 3 unspecified atom stereocenters. The molecule has 1 saturated heterocycles. The van der Waals surface area contributed by atoms with Gasteiger partial charge in [0, 0.05) is 47.8 Å². The van der Waals surface area contributed by atoms with Gasteiger partial charge in [-0.15, -0.1) is 0 Å². The minimum Gasteiger partial charge on any atom is -0.480 e. The van der Waals surface area contributed by atoms with Gasteiger partial charge in [-0.1, -0.05) is 91.6 Å². The number of amides is 5. The molecule has 16 heteroatoms. The normalized spacial score (nSPS) is 17.9. The van der Waals surface area contributed by atoms with Gasteiger partial charge in [-0.2, -0.15) is 0 Å². The third kappa shape index (κ3) is 17.4. The number of unbranched alkanes of at least 4 members (excludes halogenated alkanes) is 2. The average Bonchev–Trinajstić information content (AvgIpc) is 3.73. The fourth-order valence-corrected chi connectivity index (χ4v) is 9.10. The molecule has 1 aliphatic rings. The van der Waals surface area contributed by atoms with Crippen molar-refractivity contribution in [2.75, 3.05) is 55.0 Å². The molecule has 1 aromatic rings. The summed E-state index contributed by atoms with van der Waals surface area (Å²) in [6, 6.07) is 5.65. The van der Waals surface area contributed by atoms with E-state index in [9.17, 15) is 33.9 Å². The molecule has 0 aromatic heterocycles. The van der Waals surface area contributed by atoms with Crippen LogP contribution in [0.3, 0.4) is 0 Å².